The molecule has 0 atom stereocenters. The number of aromatic nitrogens is 2. The van der Waals surface area contributed by atoms with E-state index in [-0.39, 0.29) is 17.3 Å². The van der Waals surface area contributed by atoms with E-state index < -0.39 is 11.2 Å². The summed E-state index contributed by atoms with van der Waals surface area (Å²) in [6.07, 6.45) is 2.18. The van der Waals surface area contributed by atoms with Crippen LogP contribution in [0.3, 0.4) is 0 Å². The van der Waals surface area contributed by atoms with Crippen LogP contribution in [0.5, 0.6) is 0 Å². The molecule has 8 nitrogen and oxygen atoms in total. The summed E-state index contributed by atoms with van der Waals surface area (Å²) in [4.78, 5) is 37.1. The van der Waals surface area contributed by atoms with E-state index in [0.29, 0.717) is 25.9 Å². The number of hydrogen-bond donors (Lipinski definition) is 1. The van der Waals surface area contributed by atoms with E-state index >= 15 is 0 Å². The van der Waals surface area contributed by atoms with Crippen molar-refractivity contribution in [3.05, 3.63) is 26.4 Å². The van der Waals surface area contributed by atoms with Crippen molar-refractivity contribution in [2.45, 2.75) is 19.3 Å². The van der Waals surface area contributed by atoms with Crippen LogP contribution in [0.25, 0.3) is 0 Å². The molecule has 22 heavy (non-hydrogen) atoms. The number of hydrogen-bond acceptors (Lipinski definition) is 5. The molecule has 0 radical (unpaired) electrons. The van der Waals surface area contributed by atoms with Gasteiger partial charge in [-0.25, -0.2) is 4.79 Å². The van der Waals surface area contributed by atoms with Gasteiger partial charge < -0.3 is 10.2 Å². The molecule has 1 aromatic rings. The lowest BCUT2D eigenvalue weighted by Crippen LogP contribution is -2.40. The SMILES string of the molecule is Cn1c(NCCCN2CCCC2=O)c(C#N)c(=O)n(C)c1=O. The highest BCUT2D eigenvalue weighted by Gasteiger charge is 2.19. The summed E-state index contributed by atoms with van der Waals surface area (Å²) < 4.78 is 2.16. The van der Waals surface area contributed by atoms with Crippen molar-refractivity contribution in [1.82, 2.24) is 14.0 Å². The molecule has 1 aromatic heterocycles. The normalized spacial score (nSPS) is 14.2. The first-order valence-corrected chi connectivity index (χ1v) is 7.19. The lowest BCUT2D eigenvalue weighted by Gasteiger charge is -2.17. The molecule has 1 amide bonds. The summed E-state index contributed by atoms with van der Waals surface area (Å²) in [7, 11) is 2.85. The number of rotatable bonds is 5. The highest BCUT2D eigenvalue weighted by molar-refractivity contribution is 5.78. The third-order valence-corrected chi connectivity index (χ3v) is 3.85. The predicted octanol–water partition coefficient (Wildman–Crippen LogP) is -0.620. The molecule has 1 aliphatic heterocycles. The van der Waals surface area contributed by atoms with E-state index in [4.69, 9.17) is 5.26 Å². The highest BCUT2D eigenvalue weighted by atomic mass is 16.2. The zero-order chi connectivity index (χ0) is 16.3. The van der Waals surface area contributed by atoms with Crippen LogP contribution in [0, 0.1) is 11.3 Å². The molecular weight excluding hydrogens is 286 g/mol. The maximum absolute atomic E-state index is 11.9. The number of nitriles is 1. The van der Waals surface area contributed by atoms with Crippen molar-refractivity contribution < 1.29 is 4.79 Å². The molecule has 0 saturated carbocycles. The maximum atomic E-state index is 11.9. The summed E-state index contributed by atoms with van der Waals surface area (Å²) >= 11 is 0. The van der Waals surface area contributed by atoms with Crippen molar-refractivity contribution in [3.8, 4) is 6.07 Å². The van der Waals surface area contributed by atoms with Gasteiger partial charge in [-0.1, -0.05) is 0 Å². The molecule has 0 unspecified atom stereocenters. The molecule has 1 aliphatic rings. The molecule has 0 spiro atoms. The van der Waals surface area contributed by atoms with Crippen LogP contribution in [-0.4, -0.2) is 39.6 Å². The van der Waals surface area contributed by atoms with Crippen LogP contribution in [0.4, 0.5) is 5.82 Å². The number of amides is 1. The second-order valence-corrected chi connectivity index (χ2v) is 5.31. The number of likely N-dealkylation sites (tertiary alicyclic amines) is 1. The van der Waals surface area contributed by atoms with Crippen LogP contribution in [0.1, 0.15) is 24.8 Å². The monoisotopic (exact) mass is 305 g/mol. The fourth-order valence-corrected chi connectivity index (χ4v) is 2.57. The second kappa shape index (κ2) is 6.47. The largest absolute Gasteiger partial charge is 0.370 e. The standard InChI is InChI=1S/C14H19N5O3/c1-17-12(10(9-15)13(21)18(2)14(17)22)16-6-4-8-19-7-3-5-11(19)20/h16H,3-8H2,1-2H3. The van der Waals surface area contributed by atoms with Crippen molar-refractivity contribution in [2.24, 2.45) is 14.1 Å². The van der Waals surface area contributed by atoms with Crippen LogP contribution < -0.4 is 16.6 Å². The molecule has 2 rings (SSSR count). The smallest absolute Gasteiger partial charge is 0.332 e. The molecule has 118 valence electrons. The molecule has 2 heterocycles. The van der Waals surface area contributed by atoms with Gasteiger partial charge in [0.25, 0.3) is 5.56 Å². The van der Waals surface area contributed by atoms with Gasteiger partial charge in [-0.3, -0.25) is 18.7 Å². The number of carbonyl (C=O) groups excluding carboxylic acids is 1. The fourth-order valence-electron chi connectivity index (χ4n) is 2.57. The van der Waals surface area contributed by atoms with E-state index in [9.17, 15) is 14.4 Å². The first-order chi connectivity index (χ1) is 10.5. The second-order valence-electron chi connectivity index (χ2n) is 5.31. The molecule has 0 aromatic carbocycles. The maximum Gasteiger partial charge on any atom is 0.332 e. The van der Waals surface area contributed by atoms with Gasteiger partial charge in [-0.15, -0.1) is 0 Å². The third-order valence-electron chi connectivity index (χ3n) is 3.85. The van der Waals surface area contributed by atoms with E-state index in [1.54, 1.807) is 4.90 Å². The fraction of sp³-hybridized carbons (Fsp3) is 0.571. The zero-order valence-electron chi connectivity index (χ0n) is 12.8. The Labute approximate surface area is 127 Å². The summed E-state index contributed by atoms with van der Waals surface area (Å²) in [5.41, 5.74) is -1.18. The highest BCUT2D eigenvalue weighted by Crippen LogP contribution is 2.10. The lowest BCUT2D eigenvalue weighted by atomic mass is 10.3. The Morgan fingerprint density at radius 3 is 2.55 bits per heavy atom. The topological polar surface area (TPSA) is 100 Å². The van der Waals surface area contributed by atoms with Gasteiger partial charge in [0.05, 0.1) is 0 Å². The van der Waals surface area contributed by atoms with Crippen molar-refractivity contribution >= 4 is 11.7 Å². The van der Waals surface area contributed by atoms with Gasteiger partial charge in [-0.05, 0) is 12.8 Å². The Bertz CT molecular complexity index is 741. The number of nitrogens with one attached hydrogen (secondary N) is 1. The van der Waals surface area contributed by atoms with Gasteiger partial charge in [0, 0.05) is 40.2 Å². The molecule has 8 heteroatoms. The van der Waals surface area contributed by atoms with E-state index in [2.05, 4.69) is 5.32 Å². The van der Waals surface area contributed by atoms with Crippen LogP contribution in [0.15, 0.2) is 9.59 Å². The lowest BCUT2D eigenvalue weighted by molar-refractivity contribution is -0.127. The molecule has 1 fully saturated rings. The number of anilines is 1. The van der Waals surface area contributed by atoms with E-state index in [1.807, 2.05) is 6.07 Å². The van der Waals surface area contributed by atoms with Gasteiger partial charge in [0.15, 0.2) is 5.56 Å². The zero-order valence-corrected chi connectivity index (χ0v) is 12.8. The van der Waals surface area contributed by atoms with Gasteiger partial charge >= 0.3 is 5.69 Å². The van der Waals surface area contributed by atoms with Gasteiger partial charge in [-0.2, -0.15) is 5.26 Å². The van der Waals surface area contributed by atoms with Gasteiger partial charge in [0.2, 0.25) is 5.91 Å². The Morgan fingerprint density at radius 1 is 1.23 bits per heavy atom. The molecule has 1 N–H and O–H groups in total. The van der Waals surface area contributed by atoms with Gasteiger partial charge in [0.1, 0.15) is 11.9 Å². The quantitative estimate of drug-likeness (QED) is 0.731. The van der Waals surface area contributed by atoms with Crippen LogP contribution in [-0.2, 0) is 18.9 Å². The summed E-state index contributed by atoms with van der Waals surface area (Å²) in [6.45, 7) is 1.89. The summed E-state index contributed by atoms with van der Waals surface area (Å²) in [6, 6.07) is 1.84. The van der Waals surface area contributed by atoms with Crippen molar-refractivity contribution in [2.75, 3.05) is 25.0 Å². The molecular formula is C14H19N5O3. The number of nitrogens with zero attached hydrogens (tertiary/aromatic N) is 4. The number of carbonyl (C=O) groups is 1. The Kier molecular flexibility index (Phi) is 4.65. The first-order valence-electron chi connectivity index (χ1n) is 7.19. The first kappa shape index (κ1) is 15.8. The van der Waals surface area contributed by atoms with Crippen molar-refractivity contribution in [1.29, 1.82) is 5.26 Å². The van der Waals surface area contributed by atoms with E-state index in [1.165, 1.54) is 18.7 Å². The summed E-state index contributed by atoms with van der Waals surface area (Å²) in [5, 5.41) is 12.1. The summed E-state index contributed by atoms with van der Waals surface area (Å²) in [5.74, 6) is 0.391. The Hall–Kier alpha value is -2.56. The van der Waals surface area contributed by atoms with Crippen LogP contribution >= 0.6 is 0 Å². The minimum absolute atomic E-state index is 0.0816. The average Bonchev–Trinajstić information content (AvgIpc) is 2.91. The van der Waals surface area contributed by atoms with Crippen molar-refractivity contribution in [3.63, 3.8) is 0 Å². The molecule has 0 aliphatic carbocycles. The minimum atomic E-state index is -0.608. The van der Waals surface area contributed by atoms with E-state index in [0.717, 1.165) is 17.5 Å². The molecule has 0 bridgehead atoms. The third kappa shape index (κ3) is 2.88. The van der Waals surface area contributed by atoms with Crippen LogP contribution in [0.2, 0.25) is 0 Å². The minimum Gasteiger partial charge on any atom is -0.370 e. The predicted molar refractivity (Wildman–Crippen MR) is 80.6 cm³/mol. The average molecular weight is 305 g/mol. The molecule has 1 saturated heterocycles. The Balaban J connectivity index is 2.07. The Morgan fingerprint density at radius 2 is 1.95 bits per heavy atom.